The van der Waals surface area contributed by atoms with E-state index >= 15 is 0 Å². The molecule has 0 saturated heterocycles. The summed E-state index contributed by atoms with van der Waals surface area (Å²) in [7, 11) is 0. The monoisotopic (exact) mass is 249 g/mol. The van der Waals surface area contributed by atoms with Crippen molar-refractivity contribution in [2.45, 2.75) is 52.0 Å². The average Bonchev–Trinajstić information content (AvgIpc) is 2.81. The number of aromatic nitrogens is 1. The minimum Gasteiger partial charge on any atom is -0.341 e. The number of nitrogens with one attached hydrogen (secondary N) is 1. The lowest BCUT2D eigenvalue weighted by Gasteiger charge is -2.22. The van der Waals surface area contributed by atoms with Crippen molar-refractivity contribution in [3.8, 4) is 0 Å². The van der Waals surface area contributed by atoms with Crippen LogP contribution < -0.4 is 11.3 Å². The molecule has 2 rings (SSSR count). The molecule has 0 radical (unpaired) electrons. The topological polar surface area (TPSA) is 60.0 Å². The van der Waals surface area contributed by atoms with Crippen LogP contribution in [-0.2, 0) is 13.0 Å². The third kappa shape index (κ3) is 2.75. The van der Waals surface area contributed by atoms with E-state index in [9.17, 15) is 4.79 Å². The highest BCUT2D eigenvalue weighted by Crippen LogP contribution is 2.27. The molecule has 0 atom stereocenters. The average molecular weight is 249 g/mol. The van der Waals surface area contributed by atoms with Gasteiger partial charge in [0.2, 0.25) is 0 Å². The molecule has 1 aliphatic carbocycles. The Balaban J connectivity index is 2.12. The molecule has 1 fully saturated rings. The van der Waals surface area contributed by atoms with Gasteiger partial charge in [-0.1, -0.05) is 32.1 Å². The van der Waals surface area contributed by atoms with Crippen LogP contribution in [0.1, 0.15) is 55.2 Å². The number of carbonyl (C=O) groups excluding carboxylic acids is 1. The molecule has 100 valence electrons. The first kappa shape index (κ1) is 13.1. The zero-order chi connectivity index (χ0) is 13.0. The lowest BCUT2D eigenvalue weighted by molar-refractivity contribution is 0.0944. The number of rotatable bonds is 4. The van der Waals surface area contributed by atoms with Crippen LogP contribution >= 0.6 is 0 Å². The molecular weight excluding hydrogens is 226 g/mol. The normalized spacial score (nSPS) is 16.8. The maximum atomic E-state index is 11.6. The number of amides is 1. The van der Waals surface area contributed by atoms with E-state index in [0.717, 1.165) is 18.9 Å². The zero-order valence-electron chi connectivity index (χ0n) is 11.1. The molecular formula is C14H23N3O. The van der Waals surface area contributed by atoms with Gasteiger partial charge in [0.25, 0.3) is 5.91 Å². The van der Waals surface area contributed by atoms with Crippen molar-refractivity contribution in [3.05, 3.63) is 23.5 Å². The van der Waals surface area contributed by atoms with Gasteiger partial charge >= 0.3 is 0 Å². The van der Waals surface area contributed by atoms with Crippen LogP contribution in [0.4, 0.5) is 0 Å². The molecule has 1 aliphatic rings. The maximum Gasteiger partial charge on any atom is 0.281 e. The summed E-state index contributed by atoms with van der Waals surface area (Å²) in [5.74, 6) is 5.79. The van der Waals surface area contributed by atoms with Gasteiger partial charge in [0, 0.05) is 12.2 Å². The van der Waals surface area contributed by atoms with Crippen molar-refractivity contribution in [2.75, 3.05) is 0 Å². The number of hydrazine groups is 1. The number of hydrogen-bond donors (Lipinski definition) is 2. The first-order chi connectivity index (χ1) is 8.76. The molecule has 18 heavy (non-hydrogen) atoms. The molecule has 0 bridgehead atoms. The van der Waals surface area contributed by atoms with Crippen molar-refractivity contribution >= 4 is 5.91 Å². The van der Waals surface area contributed by atoms with Crippen LogP contribution in [0.5, 0.6) is 0 Å². The Kier molecular flexibility index (Phi) is 4.42. The Morgan fingerprint density at radius 2 is 2.11 bits per heavy atom. The van der Waals surface area contributed by atoms with E-state index in [1.807, 2.05) is 6.07 Å². The predicted molar refractivity (Wildman–Crippen MR) is 72.0 cm³/mol. The Bertz CT molecular complexity index is 405. The highest BCUT2D eigenvalue weighted by atomic mass is 16.2. The second-order valence-corrected chi connectivity index (χ2v) is 5.14. The van der Waals surface area contributed by atoms with E-state index in [1.165, 1.54) is 37.8 Å². The molecule has 1 heterocycles. The number of nitrogen functional groups attached to an aromatic ring is 1. The first-order valence-electron chi connectivity index (χ1n) is 6.95. The molecule has 0 aromatic carbocycles. The predicted octanol–water partition coefficient (Wildman–Crippen LogP) is 2.23. The lowest BCUT2D eigenvalue weighted by atomic mass is 9.86. The van der Waals surface area contributed by atoms with Crippen molar-refractivity contribution in [2.24, 2.45) is 11.8 Å². The summed E-state index contributed by atoms with van der Waals surface area (Å²) in [6.07, 6.45) is 7.83. The minimum absolute atomic E-state index is 0.202. The highest BCUT2D eigenvalue weighted by Gasteiger charge is 2.18. The van der Waals surface area contributed by atoms with Gasteiger partial charge in [0.05, 0.1) is 0 Å². The van der Waals surface area contributed by atoms with Crippen molar-refractivity contribution in [3.63, 3.8) is 0 Å². The van der Waals surface area contributed by atoms with Crippen LogP contribution in [0.3, 0.4) is 0 Å². The standard InChI is InChI=1S/C14H23N3O/c1-2-17-12(8-9-13(17)14(18)16-15)10-11-6-4-3-5-7-11/h8-9,11H,2-7,10,15H2,1H3,(H,16,18). The van der Waals surface area contributed by atoms with Crippen molar-refractivity contribution < 1.29 is 4.79 Å². The molecule has 0 aliphatic heterocycles. The molecule has 1 aromatic rings. The molecule has 1 aromatic heterocycles. The third-order valence-electron chi connectivity index (χ3n) is 3.97. The molecule has 0 spiro atoms. The molecule has 1 amide bonds. The number of hydrogen-bond acceptors (Lipinski definition) is 2. The quantitative estimate of drug-likeness (QED) is 0.488. The Morgan fingerprint density at radius 1 is 1.39 bits per heavy atom. The van der Waals surface area contributed by atoms with Gasteiger partial charge in [-0.2, -0.15) is 0 Å². The van der Waals surface area contributed by atoms with Crippen LogP contribution in [0.25, 0.3) is 0 Å². The van der Waals surface area contributed by atoms with Crippen molar-refractivity contribution in [1.29, 1.82) is 0 Å². The third-order valence-corrected chi connectivity index (χ3v) is 3.97. The molecule has 3 N–H and O–H groups in total. The number of carbonyl (C=O) groups is 1. The van der Waals surface area contributed by atoms with Gasteiger partial charge in [-0.25, -0.2) is 5.84 Å². The smallest absolute Gasteiger partial charge is 0.281 e. The van der Waals surface area contributed by atoms with Gasteiger partial charge in [0.15, 0.2) is 0 Å². The lowest BCUT2D eigenvalue weighted by Crippen LogP contribution is -2.32. The maximum absolute atomic E-state index is 11.6. The summed E-state index contributed by atoms with van der Waals surface area (Å²) in [6.45, 7) is 2.88. The van der Waals surface area contributed by atoms with E-state index < -0.39 is 0 Å². The van der Waals surface area contributed by atoms with Gasteiger partial charge in [-0.3, -0.25) is 10.2 Å². The second kappa shape index (κ2) is 6.05. The van der Waals surface area contributed by atoms with Crippen LogP contribution in [0, 0.1) is 5.92 Å². The SMILES string of the molecule is CCn1c(CC2CCCCC2)ccc1C(=O)NN. The van der Waals surface area contributed by atoms with E-state index in [4.69, 9.17) is 5.84 Å². The number of nitrogens with zero attached hydrogens (tertiary/aromatic N) is 1. The zero-order valence-corrected chi connectivity index (χ0v) is 11.1. The minimum atomic E-state index is -0.202. The fourth-order valence-corrected chi connectivity index (χ4v) is 3.02. The van der Waals surface area contributed by atoms with E-state index in [1.54, 1.807) is 0 Å². The summed E-state index contributed by atoms with van der Waals surface area (Å²) in [5.41, 5.74) is 4.15. The van der Waals surface area contributed by atoms with Gasteiger partial charge in [-0.05, 0) is 31.4 Å². The van der Waals surface area contributed by atoms with E-state index in [-0.39, 0.29) is 5.91 Å². The molecule has 0 unspecified atom stereocenters. The number of nitrogens with two attached hydrogens (primary N) is 1. The molecule has 1 saturated carbocycles. The first-order valence-corrected chi connectivity index (χ1v) is 6.95. The molecule has 4 heteroatoms. The fourth-order valence-electron chi connectivity index (χ4n) is 3.02. The van der Waals surface area contributed by atoms with Gasteiger partial charge in [-0.15, -0.1) is 0 Å². The summed E-state index contributed by atoms with van der Waals surface area (Å²) < 4.78 is 2.08. The second-order valence-electron chi connectivity index (χ2n) is 5.14. The van der Waals surface area contributed by atoms with E-state index in [0.29, 0.717) is 5.69 Å². The summed E-state index contributed by atoms with van der Waals surface area (Å²) in [6, 6.07) is 3.95. The Labute approximate surface area is 109 Å². The Morgan fingerprint density at radius 3 is 2.72 bits per heavy atom. The summed E-state index contributed by atoms with van der Waals surface area (Å²) in [4.78, 5) is 11.6. The van der Waals surface area contributed by atoms with Crippen LogP contribution in [0.15, 0.2) is 12.1 Å². The van der Waals surface area contributed by atoms with Crippen LogP contribution in [0.2, 0.25) is 0 Å². The van der Waals surface area contributed by atoms with E-state index in [2.05, 4.69) is 23.0 Å². The van der Waals surface area contributed by atoms with Gasteiger partial charge in [0.1, 0.15) is 5.69 Å². The molecule has 4 nitrogen and oxygen atoms in total. The fraction of sp³-hybridized carbons (Fsp3) is 0.643. The highest BCUT2D eigenvalue weighted by molar-refractivity contribution is 5.92. The summed E-state index contributed by atoms with van der Waals surface area (Å²) >= 11 is 0. The summed E-state index contributed by atoms with van der Waals surface area (Å²) in [5, 5.41) is 0. The Hall–Kier alpha value is -1.29. The van der Waals surface area contributed by atoms with Crippen molar-refractivity contribution in [1.82, 2.24) is 9.99 Å². The van der Waals surface area contributed by atoms with Crippen LogP contribution in [-0.4, -0.2) is 10.5 Å². The largest absolute Gasteiger partial charge is 0.341 e. The van der Waals surface area contributed by atoms with Gasteiger partial charge < -0.3 is 4.57 Å².